The summed E-state index contributed by atoms with van der Waals surface area (Å²) in [4.78, 5) is 46.5. The molecule has 27 rings (SSSR count). The fraction of sp³-hybridized carbons (Fsp3) is 0.0870. The minimum Gasteiger partial charge on any atom is -0.310 e. The molecular formula is C138H102N8O2. The van der Waals surface area contributed by atoms with Crippen LogP contribution in [0, 0.1) is 0 Å². The van der Waals surface area contributed by atoms with Gasteiger partial charge in [-0.2, -0.15) is 0 Å². The number of benzene rings is 19. The van der Waals surface area contributed by atoms with Gasteiger partial charge in [0, 0.05) is 124 Å². The Labute approximate surface area is 861 Å². The van der Waals surface area contributed by atoms with E-state index in [4.69, 9.17) is 0 Å². The quantitative estimate of drug-likeness (QED) is 0.0885. The lowest BCUT2D eigenvalue weighted by atomic mass is 9.73. The van der Waals surface area contributed by atoms with Gasteiger partial charge in [0.05, 0.1) is 67.6 Å². The van der Waals surface area contributed by atoms with E-state index < -0.39 is 0 Å². The van der Waals surface area contributed by atoms with Crippen LogP contribution in [-0.2, 0) is 21.7 Å². The van der Waals surface area contributed by atoms with E-state index >= 15 is 0 Å². The van der Waals surface area contributed by atoms with Crippen LogP contribution in [0.3, 0.4) is 0 Å². The molecule has 148 heavy (non-hydrogen) atoms. The first-order chi connectivity index (χ1) is 72.3. The van der Waals surface area contributed by atoms with Crippen molar-refractivity contribution in [3.63, 3.8) is 0 Å². The zero-order valence-corrected chi connectivity index (χ0v) is 83.4. The Morgan fingerprint density at radius 2 is 0.392 bits per heavy atom. The number of carbonyl (C=O) groups excluding carboxylic acids is 2. The van der Waals surface area contributed by atoms with Crippen molar-refractivity contribution in [1.29, 1.82) is 0 Å². The number of anilines is 12. The van der Waals surface area contributed by atoms with E-state index in [1.54, 1.807) is 49.1 Å². The van der Waals surface area contributed by atoms with E-state index in [2.05, 4.69) is 494 Å². The highest BCUT2D eigenvalue weighted by Gasteiger charge is 2.43. The van der Waals surface area contributed by atoms with Crippen molar-refractivity contribution in [3.05, 3.63) is 540 Å². The van der Waals surface area contributed by atoms with Crippen molar-refractivity contribution in [3.8, 4) is 78.1 Å². The minimum absolute atomic E-state index is 0.0630. The van der Waals surface area contributed by atoms with Gasteiger partial charge in [-0.1, -0.05) is 310 Å². The molecule has 4 aliphatic heterocycles. The first kappa shape index (κ1) is 88.5. The molecule has 0 saturated heterocycles. The molecule has 10 nitrogen and oxygen atoms in total. The zero-order chi connectivity index (χ0) is 99.7. The van der Waals surface area contributed by atoms with E-state index in [-0.39, 0.29) is 33.2 Å². The Hall–Kier alpha value is -18.4. The monoisotopic (exact) mass is 1900 g/mol. The second-order valence-corrected chi connectivity index (χ2v) is 41.9. The molecule has 4 aliphatic rings. The first-order valence-corrected chi connectivity index (χ1v) is 51.1. The number of carbonyl (C=O) groups is 2. The van der Waals surface area contributed by atoms with Crippen molar-refractivity contribution >= 4 is 123 Å². The predicted molar refractivity (Wildman–Crippen MR) is 610 cm³/mol. The normalized spacial score (nSPS) is 14.2. The molecule has 0 bridgehead atoms. The van der Waals surface area contributed by atoms with Crippen LogP contribution in [0.1, 0.15) is 132 Å². The van der Waals surface area contributed by atoms with E-state index in [0.29, 0.717) is 22.3 Å². The van der Waals surface area contributed by atoms with Gasteiger partial charge in [0.25, 0.3) is 0 Å². The summed E-state index contributed by atoms with van der Waals surface area (Å²) >= 11 is 0. The van der Waals surface area contributed by atoms with Crippen LogP contribution in [0.5, 0.6) is 0 Å². The summed E-state index contributed by atoms with van der Waals surface area (Å²) in [6, 6.07) is 164. The van der Waals surface area contributed by atoms with Gasteiger partial charge in [0.1, 0.15) is 0 Å². The Balaban J connectivity index is 0.652. The second kappa shape index (κ2) is 34.2. The summed E-state index contributed by atoms with van der Waals surface area (Å²) in [5, 5.41) is 4.51. The number of aromatic nitrogens is 4. The lowest BCUT2D eigenvalue weighted by molar-refractivity contribution is 0.103. The molecule has 0 saturated carbocycles. The SMILES string of the molecule is CC1(C)c2ccccc2N(c2ccc3c(c2)c2cc(N4c5ccccc5C(C)(C)c5ccccc54)ccc2n3-c2ccc(-c3cc(-c4cccc(-c5ccc(C(=O)c6ccncc6)cc5)c4)c(-c4ccc(-n5c6ccc(N7c8ccccc8C(C)(C)c8ccccc87)cc6c6cc(N7c8ccccc8C(C)(C)c8ccccc87)ccc65)cc4)cc3-c3cccc(-c4ccc(C(=O)c5ccncc5)cc4)c3)cc2)c2ccccc21. The maximum Gasteiger partial charge on any atom is 0.193 e. The first-order valence-electron chi connectivity index (χ1n) is 51.1. The fourth-order valence-electron chi connectivity index (χ4n) is 24.7. The smallest absolute Gasteiger partial charge is 0.193 e. The Bertz CT molecular complexity index is 8330. The largest absolute Gasteiger partial charge is 0.310 e. The number of nitrogens with zero attached hydrogens (tertiary/aromatic N) is 8. The molecule has 4 aromatic heterocycles. The van der Waals surface area contributed by atoms with Gasteiger partial charge in [-0.15, -0.1) is 0 Å². The summed E-state index contributed by atoms with van der Waals surface area (Å²) in [6.07, 6.45) is 6.65. The van der Waals surface area contributed by atoms with Crippen molar-refractivity contribution in [2.75, 3.05) is 19.6 Å². The molecule has 10 heteroatoms. The third kappa shape index (κ3) is 14.0. The summed E-state index contributed by atoms with van der Waals surface area (Å²) in [5.41, 5.74) is 43.7. The maximum atomic E-state index is 14.1. The number of hydrogen-bond donors (Lipinski definition) is 0. The van der Waals surface area contributed by atoms with Crippen LogP contribution in [0.25, 0.3) is 122 Å². The topological polar surface area (TPSA) is 82.7 Å². The highest BCUT2D eigenvalue weighted by Crippen LogP contribution is 2.60. The lowest BCUT2D eigenvalue weighted by Gasteiger charge is -2.42. The molecule has 19 aromatic carbocycles. The third-order valence-electron chi connectivity index (χ3n) is 32.3. The number of fused-ring (bicyclic) bond motifs is 14. The van der Waals surface area contributed by atoms with Crippen molar-refractivity contribution in [2.24, 2.45) is 0 Å². The average molecular weight is 1900 g/mol. The van der Waals surface area contributed by atoms with Crippen LogP contribution in [0.4, 0.5) is 68.2 Å². The van der Waals surface area contributed by atoms with Crippen molar-refractivity contribution in [2.45, 2.75) is 77.0 Å². The summed E-state index contributed by atoms with van der Waals surface area (Å²) in [5.74, 6) is -0.126. The van der Waals surface area contributed by atoms with E-state index in [1.807, 2.05) is 24.3 Å². The molecule has 0 N–H and O–H groups in total. The Morgan fingerprint density at radius 1 is 0.182 bits per heavy atom. The molecule has 0 radical (unpaired) electrons. The van der Waals surface area contributed by atoms with Crippen LogP contribution in [0.2, 0.25) is 0 Å². The molecule has 23 aromatic rings. The summed E-state index contributed by atoms with van der Waals surface area (Å²) in [6.45, 7) is 18.8. The maximum absolute atomic E-state index is 14.1. The zero-order valence-electron chi connectivity index (χ0n) is 83.4. The van der Waals surface area contributed by atoms with Gasteiger partial charge >= 0.3 is 0 Å². The van der Waals surface area contributed by atoms with Crippen LogP contribution in [-0.4, -0.2) is 30.7 Å². The van der Waals surface area contributed by atoms with Gasteiger partial charge in [0.2, 0.25) is 0 Å². The van der Waals surface area contributed by atoms with Gasteiger partial charge in [-0.05, 0) is 305 Å². The standard InChI is InChI=1S/C138H102N8O2/c1-135(2)113-31-9-17-39-125(113)143(126-40-18-10-32-114(126)135)101-63-67-121-109(81-101)110-82-102(144-127-41-19-11-33-115(127)136(3,4)116-34-12-20-42-128(116)144)64-68-122(110)141(121)99-59-55-89(56-60-99)105-85-108(98-30-26-28-96(80-98)88-49-53-92(54-50-88)134(148)94-73-77-140-78-74-94)106(86-107(105)97-29-25-27-95(79-97)87-47-51-91(52-48-87)133(147)93-71-75-139-76-72-93)90-57-61-100(62-58-90)142-123-69-65-103(145-129-43-21-13-35-117(129)137(5,6)118-36-14-22-44-130(118)145)83-111(123)112-84-104(66-70-124(112)142)146-131-45-23-15-37-119(131)138(7,8)120-38-16-24-46-132(120)146/h9-86H,1-8H3. The lowest BCUT2D eigenvalue weighted by Crippen LogP contribution is -2.30. The third-order valence-corrected chi connectivity index (χ3v) is 32.3. The average Bonchev–Trinajstić information content (AvgIpc) is 1.50. The summed E-state index contributed by atoms with van der Waals surface area (Å²) in [7, 11) is 0. The van der Waals surface area contributed by atoms with Crippen LogP contribution in [0.15, 0.2) is 474 Å². The molecule has 0 atom stereocenters. The highest BCUT2D eigenvalue weighted by molar-refractivity contribution is 6.16. The van der Waals surface area contributed by atoms with Crippen molar-refractivity contribution < 1.29 is 9.59 Å². The molecule has 706 valence electrons. The van der Waals surface area contributed by atoms with Gasteiger partial charge in [-0.3, -0.25) is 19.6 Å². The van der Waals surface area contributed by atoms with Gasteiger partial charge in [0.15, 0.2) is 11.6 Å². The molecular weight excluding hydrogens is 1800 g/mol. The van der Waals surface area contributed by atoms with Crippen LogP contribution < -0.4 is 19.6 Å². The molecule has 0 amide bonds. The van der Waals surface area contributed by atoms with Gasteiger partial charge < -0.3 is 28.7 Å². The highest BCUT2D eigenvalue weighted by atomic mass is 16.1. The Morgan fingerprint density at radius 3 is 0.642 bits per heavy atom. The number of para-hydroxylation sites is 8. The second-order valence-electron chi connectivity index (χ2n) is 41.9. The molecule has 0 aliphatic carbocycles. The number of ketones is 2. The molecule has 0 unspecified atom stereocenters. The number of pyridine rings is 2. The fourth-order valence-corrected chi connectivity index (χ4v) is 24.7. The molecule has 8 heterocycles. The Kier molecular flexibility index (Phi) is 20.4. The number of rotatable bonds is 16. The van der Waals surface area contributed by atoms with E-state index in [9.17, 15) is 9.59 Å². The van der Waals surface area contributed by atoms with Gasteiger partial charge in [-0.25, -0.2) is 0 Å². The van der Waals surface area contributed by atoms with E-state index in [1.165, 1.54) is 90.0 Å². The van der Waals surface area contributed by atoms with Crippen molar-refractivity contribution in [1.82, 2.24) is 19.1 Å². The molecule has 0 fully saturated rings. The minimum atomic E-state index is -0.244. The summed E-state index contributed by atoms with van der Waals surface area (Å²) < 4.78 is 4.93. The van der Waals surface area contributed by atoms with Crippen LogP contribution >= 0.6 is 0 Å². The predicted octanol–water partition coefficient (Wildman–Crippen LogP) is 35.6. The number of hydrogen-bond acceptors (Lipinski definition) is 8. The molecule has 0 spiro atoms. The van der Waals surface area contributed by atoms with E-state index in [0.717, 1.165) is 144 Å².